The van der Waals surface area contributed by atoms with Crippen molar-refractivity contribution >= 4 is 17.5 Å². The van der Waals surface area contributed by atoms with Gasteiger partial charge >= 0.3 is 0 Å². The summed E-state index contributed by atoms with van der Waals surface area (Å²) < 4.78 is 0. The minimum atomic E-state index is -0.00188. The highest BCUT2D eigenvalue weighted by atomic mass is 35.5. The number of hydrogen-bond acceptors (Lipinski definition) is 3. The third-order valence-electron chi connectivity index (χ3n) is 3.48. The van der Waals surface area contributed by atoms with Crippen LogP contribution < -0.4 is 0 Å². The van der Waals surface area contributed by atoms with Crippen LogP contribution in [0.3, 0.4) is 0 Å². The topological polar surface area (TPSA) is 46.1 Å². The van der Waals surface area contributed by atoms with Crippen molar-refractivity contribution in [2.75, 3.05) is 13.1 Å². The molecule has 2 aliphatic rings. The van der Waals surface area contributed by atoms with Gasteiger partial charge in [-0.05, 0) is 37.5 Å². The van der Waals surface area contributed by atoms with E-state index >= 15 is 0 Å². The number of hydrogen-bond donors (Lipinski definition) is 0. The molecule has 0 aliphatic heterocycles. The summed E-state index contributed by atoms with van der Waals surface area (Å²) in [5, 5.41) is 0.322. The van der Waals surface area contributed by atoms with E-state index in [0.29, 0.717) is 22.7 Å². The smallest absolute Gasteiger partial charge is 0.274 e. The van der Waals surface area contributed by atoms with Crippen molar-refractivity contribution in [1.29, 1.82) is 0 Å². The van der Waals surface area contributed by atoms with Crippen molar-refractivity contribution in [3.05, 3.63) is 23.2 Å². The second kappa shape index (κ2) is 4.84. The molecule has 1 aromatic heterocycles. The van der Waals surface area contributed by atoms with Crippen LogP contribution in [0, 0.1) is 11.8 Å². The summed E-state index contributed by atoms with van der Waals surface area (Å²) in [4.78, 5) is 22.3. The average Bonchev–Trinajstić information content (AvgIpc) is 3.23. The van der Waals surface area contributed by atoms with E-state index in [2.05, 4.69) is 9.97 Å². The van der Waals surface area contributed by atoms with E-state index in [9.17, 15) is 4.79 Å². The van der Waals surface area contributed by atoms with E-state index in [4.69, 9.17) is 11.6 Å². The molecule has 1 amide bonds. The van der Waals surface area contributed by atoms with Crippen LogP contribution in [-0.4, -0.2) is 33.9 Å². The van der Waals surface area contributed by atoms with Crippen LogP contribution in [0.1, 0.15) is 36.2 Å². The molecule has 1 heterocycles. The van der Waals surface area contributed by atoms with Gasteiger partial charge in [0.05, 0.1) is 12.4 Å². The Balaban J connectivity index is 1.70. The molecule has 3 rings (SSSR count). The fourth-order valence-corrected chi connectivity index (χ4v) is 2.15. The molecule has 0 spiro atoms. The summed E-state index contributed by atoms with van der Waals surface area (Å²) in [6.45, 7) is 1.75. The van der Waals surface area contributed by atoms with E-state index < -0.39 is 0 Å². The summed E-state index contributed by atoms with van der Waals surface area (Å²) in [5.74, 6) is 1.40. The Hall–Kier alpha value is -1.16. The third kappa shape index (κ3) is 2.99. The second-order valence-electron chi connectivity index (χ2n) is 5.32. The van der Waals surface area contributed by atoms with Gasteiger partial charge in [0, 0.05) is 13.1 Å². The van der Waals surface area contributed by atoms with Gasteiger partial charge in [-0.25, -0.2) is 9.97 Å². The van der Waals surface area contributed by atoms with Crippen molar-refractivity contribution in [2.24, 2.45) is 11.8 Å². The first kappa shape index (κ1) is 11.9. The summed E-state index contributed by atoms with van der Waals surface area (Å²) in [6.07, 6.45) is 7.90. The maximum Gasteiger partial charge on any atom is 0.274 e. The fourth-order valence-electron chi connectivity index (χ4n) is 2.05. The van der Waals surface area contributed by atoms with Crippen LogP contribution in [-0.2, 0) is 0 Å². The van der Waals surface area contributed by atoms with Crippen molar-refractivity contribution in [3.63, 3.8) is 0 Å². The van der Waals surface area contributed by atoms with Crippen molar-refractivity contribution in [3.8, 4) is 0 Å². The summed E-state index contributed by atoms with van der Waals surface area (Å²) in [7, 11) is 0. The molecular weight excluding hydrogens is 250 g/mol. The summed E-state index contributed by atoms with van der Waals surface area (Å²) >= 11 is 5.69. The Labute approximate surface area is 111 Å². The number of aromatic nitrogens is 2. The van der Waals surface area contributed by atoms with Gasteiger partial charge in [-0.3, -0.25) is 4.79 Å². The Morgan fingerprint density at radius 2 is 1.78 bits per heavy atom. The molecule has 4 nitrogen and oxygen atoms in total. The second-order valence-corrected chi connectivity index (χ2v) is 5.71. The van der Waals surface area contributed by atoms with Crippen LogP contribution in [0.2, 0.25) is 5.15 Å². The van der Waals surface area contributed by atoms with Gasteiger partial charge in [0.25, 0.3) is 5.91 Å². The molecule has 0 saturated heterocycles. The highest BCUT2D eigenvalue weighted by Gasteiger charge is 2.32. The van der Waals surface area contributed by atoms with E-state index in [0.717, 1.165) is 13.1 Å². The van der Waals surface area contributed by atoms with E-state index in [-0.39, 0.29) is 5.91 Å². The van der Waals surface area contributed by atoms with Crippen LogP contribution in [0.15, 0.2) is 12.4 Å². The van der Waals surface area contributed by atoms with Gasteiger partial charge in [-0.1, -0.05) is 11.6 Å². The lowest BCUT2D eigenvalue weighted by Gasteiger charge is -2.22. The van der Waals surface area contributed by atoms with E-state index in [1.165, 1.54) is 38.1 Å². The number of carbonyl (C=O) groups is 1. The molecule has 0 atom stereocenters. The monoisotopic (exact) mass is 265 g/mol. The van der Waals surface area contributed by atoms with Gasteiger partial charge in [0.2, 0.25) is 0 Å². The minimum absolute atomic E-state index is 0.00188. The maximum absolute atomic E-state index is 12.4. The molecule has 0 radical (unpaired) electrons. The standard InChI is InChI=1S/C13H16ClN3O/c14-12-6-15-11(5-16-12)13(18)17(7-9-1-2-9)8-10-3-4-10/h5-6,9-10H,1-4,7-8H2. The minimum Gasteiger partial charge on any atom is -0.337 e. The Morgan fingerprint density at radius 1 is 1.17 bits per heavy atom. The number of halogens is 1. The predicted octanol–water partition coefficient (Wildman–Crippen LogP) is 2.39. The predicted molar refractivity (Wildman–Crippen MR) is 68.4 cm³/mol. The van der Waals surface area contributed by atoms with Gasteiger partial charge in [-0.15, -0.1) is 0 Å². The van der Waals surface area contributed by atoms with Gasteiger partial charge in [-0.2, -0.15) is 0 Å². The molecule has 0 aromatic carbocycles. The maximum atomic E-state index is 12.4. The largest absolute Gasteiger partial charge is 0.337 e. The number of carbonyl (C=O) groups excluding carboxylic acids is 1. The lowest BCUT2D eigenvalue weighted by Crippen LogP contribution is -2.35. The van der Waals surface area contributed by atoms with Crippen molar-refractivity contribution < 1.29 is 4.79 Å². The summed E-state index contributed by atoms with van der Waals surface area (Å²) in [5.41, 5.74) is 0.403. The first-order chi connectivity index (χ1) is 8.72. The highest BCUT2D eigenvalue weighted by molar-refractivity contribution is 6.29. The molecule has 0 N–H and O–H groups in total. The lowest BCUT2D eigenvalue weighted by atomic mass is 10.2. The van der Waals surface area contributed by atoms with Gasteiger partial charge < -0.3 is 4.90 Å². The first-order valence-electron chi connectivity index (χ1n) is 6.49. The zero-order valence-electron chi connectivity index (χ0n) is 10.2. The van der Waals surface area contributed by atoms with Gasteiger partial charge in [0.1, 0.15) is 10.8 Å². The molecule has 1 aromatic rings. The highest BCUT2D eigenvalue weighted by Crippen LogP contribution is 2.34. The number of amides is 1. The number of nitrogens with zero attached hydrogens (tertiary/aromatic N) is 3. The lowest BCUT2D eigenvalue weighted by molar-refractivity contribution is 0.0733. The normalized spacial score (nSPS) is 18.7. The third-order valence-corrected chi connectivity index (χ3v) is 3.67. The molecule has 2 fully saturated rings. The van der Waals surface area contributed by atoms with Crippen molar-refractivity contribution in [1.82, 2.24) is 14.9 Å². The fraction of sp³-hybridized carbons (Fsp3) is 0.615. The molecule has 2 saturated carbocycles. The average molecular weight is 266 g/mol. The van der Waals surface area contributed by atoms with E-state index in [1.54, 1.807) is 0 Å². The molecule has 2 aliphatic carbocycles. The Bertz CT molecular complexity index is 426. The van der Waals surface area contributed by atoms with Crippen LogP contribution >= 0.6 is 11.6 Å². The van der Waals surface area contributed by atoms with Crippen LogP contribution in [0.4, 0.5) is 0 Å². The summed E-state index contributed by atoms with van der Waals surface area (Å²) in [6, 6.07) is 0. The molecule has 5 heteroatoms. The SMILES string of the molecule is O=C(c1cnc(Cl)cn1)N(CC1CC1)CC1CC1. The first-order valence-corrected chi connectivity index (χ1v) is 6.87. The zero-order chi connectivity index (χ0) is 12.5. The van der Waals surface area contributed by atoms with Gasteiger partial charge in [0.15, 0.2) is 0 Å². The molecule has 18 heavy (non-hydrogen) atoms. The molecule has 96 valence electrons. The Morgan fingerprint density at radius 3 is 2.22 bits per heavy atom. The molecule has 0 bridgehead atoms. The zero-order valence-corrected chi connectivity index (χ0v) is 10.9. The van der Waals surface area contributed by atoms with Crippen molar-refractivity contribution in [2.45, 2.75) is 25.7 Å². The quantitative estimate of drug-likeness (QED) is 0.821. The number of rotatable bonds is 5. The van der Waals surface area contributed by atoms with Crippen LogP contribution in [0.5, 0.6) is 0 Å². The molecule has 0 unspecified atom stereocenters. The molecular formula is C13H16ClN3O. The van der Waals surface area contributed by atoms with Crippen LogP contribution in [0.25, 0.3) is 0 Å². The van der Waals surface area contributed by atoms with E-state index in [1.807, 2.05) is 4.90 Å². The Kier molecular flexibility index (Phi) is 3.20.